The van der Waals surface area contributed by atoms with Gasteiger partial charge in [0.15, 0.2) is 5.69 Å². The van der Waals surface area contributed by atoms with Crippen LogP contribution in [-0.2, 0) is 24.2 Å². The predicted octanol–water partition coefficient (Wildman–Crippen LogP) is 2.26. The molecule has 0 radical (unpaired) electrons. The van der Waals surface area contributed by atoms with Crippen LogP contribution < -0.4 is 5.56 Å². The number of aromatic nitrogens is 4. The molecule has 0 spiro atoms. The largest absolute Gasteiger partial charge is 0.464 e. The van der Waals surface area contributed by atoms with E-state index in [0.29, 0.717) is 48.2 Å². The third-order valence-electron chi connectivity index (χ3n) is 4.95. The second-order valence-electron chi connectivity index (χ2n) is 6.89. The lowest BCUT2D eigenvalue weighted by Gasteiger charge is -2.27. The van der Waals surface area contributed by atoms with Crippen molar-refractivity contribution < 1.29 is 9.53 Å². The second kappa shape index (κ2) is 7.81. The van der Waals surface area contributed by atoms with Gasteiger partial charge in [-0.15, -0.1) is 0 Å². The van der Waals surface area contributed by atoms with Crippen molar-refractivity contribution >= 4 is 17.6 Å². The van der Waals surface area contributed by atoms with Crippen molar-refractivity contribution in [3.8, 4) is 5.69 Å². The summed E-state index contributed by atoms with van der Waals surface area (Å²) >= 11 is 6.62. The lowest BCUT2D eigenvalue weighted by Crippen LogP contribution is -2.35. The SMILES string of the molecule is COC(=O)c1nn(-c2ccccc2)c(Cl)c1CN1CCc2nc(C)[nH]c(=O)c2C1. The number of rotatable bonds is 4. The molecule has 29 heavy (non-hydrogen) atoms. The molecule has 0 aliphatic carbocycles. The first-order valence-electron chi connectivity index (χ1n) is 9.20. The normalized spacial score (nSPS) is 13.9. The summed E-state index contributed by atoms with van der Waals surface area (Å²) in [4.78, 5) is 33.9. The number of methoxy groups -OCH3 is 1. The molecule has 0 unspecified atom stereocenters. The summed E-state index contributed by atoms with van der Waals surface area (Å²) in [6.45, 7) is 3.25. The molecule has 9 heteroatoms. The molecule has 3 aromatic rings. The number of hydrogen-bond donors (Lipinski definition) is 1. The Labute approximate surface area is 172 Å². The minimum Gasteiger partial charge on any atom is -0.464 e. The number of hydrogen-bond acceptors (Lipinski definition) is 6. The Morgan fingerprint density at radius 2 is 2.07 bits per heavy atom. The quantitative estimate of drug-likeness (QED) is 0.659. The van der Waals surface area contributed by atoms with Gasteiger partial charge in [-0.3, -0.25) is 9.69 Å². The van der Waals surface area contributed by atoms with E-state index in [4.69, 9.17) is 16.3 Å². The first kappa shape index (κ1) is 19.4. The van der Waals surface area contributed by atoms with Crippen molar-refractivity contribution in [2.75, 3.05) is 13.7 Å². The van der Waals surface area contributed by atoms with Crippen molar-refractivity contribution in [1.82, 2.24) is 24.6 Å². The van der Waals surface area contributed by atoms with E-state index in [-0.39, 0.29) is 11.3 Å². The maximum absolute atomic E-state index is 12.3. The smallest absolute Gasteiger partial charge is 0.358 e. The average Bonchev–Trinajstić information content (AvgIpc) is 3.05. The summed E-state index contributed by atoms with van der Waals surface area (Å²) in [6.07, 6.45) is 0.651. The van der Waals surface area contributed by atoms with E-state index >= 15 is 0 Å². The highest BCUT2D eigenvalue weighted by Crippen LogP contribution is 2.27. The van der Waals surface area contributed by atoms with E-state index in [1.54, 1.807) is 6.92 Å². The van der Waals surface area contributed by atoms with Crippen LogP contribution >= 0.6 is 11.6 Å². The maximum Gasteiger partial charge on any atom is 0.358 e. The third-order valence-corrected chi connectivity index (χ3v) is 5.34. The van der Waals surface area contributed by atoms with E-state index in [9.17, 15) is 9.59 Å². The number of aromatic amines is 1. The van der Waals surface area contributed by atoms with E-state index in [2.05, 4.69) is 20.0 Å². The van der Waals surface area contributed by atoms with Gasteiger partial charge in [0.2, 0.25) is 0 Å². The minimum absolute atomic E-state index is 0.128. The maximum atomic E-state index is 12.3. The first-order valence-corrected chi connectivity index (χ1v) is 9.58. The van der Waals surface area contributed by atoms with Gasteiger partial charge in [-0.25, -0.2) is 14.5 Å². The van der Waals surface area contributed by atoms with E-state index in [1.165, 1.54) is 11.8 Å². The number of halogens is 1. The predicted molar refractivity (Wildman–Crippen MR) is 107 cm³/mol. The monoisotopic (exact) mass is 413 g/mol. The molecule has 0 amide bonds. The summed E-state index contributed by atoms with van der Waals surface area (Å²) in [5.74, 6) is 0.0616. The van der Waals surface area contributed by atoms with Crippen molar-refractivity contribution in [2.45, 2.75) is 26.4 Å². The fourth-order valence-electron chi connectivity index (χ4n) is 3.53. The summed E-state index contributed by atoms with van der Waals surface area (Å²) < 4.78 is 6.43. The topological polar surface area (TPSA) is 93.1 Å². The molecule has 0 atom stereocenters. The zero-order chi connectivity index (χ0) is 20.5. The number of esters is 1. The van der Waals surface area contributed by atoms with Crippen LogP contribution in [0, 0.1) is 6.92 Å². The molecule has 1 aromatic carbocycles. The van der Waals surface area contributed by atoms with Crippen molar-refractivity contribution in [3.05, 3.63) is 74.2 Å². The van der Waals surface area contributed by atoms with Gasteiger partial charge in [0.05, 0.1) is 24.1 Å². The van der Waals surface area contributed by atoms with Crippen molar-refractivity contribution in [3.63, 3.8) is 0 Å². The molecule has 8 nitrogen and oxygen atoms in total. The Morgan fingerprint density at radius 3 is 2.79 bits per heavy atom. The molecular formula is C20H20ClN5O3. The van der Waals surface area contributed by atoms with Gasteiger partial charge in [0, 0.05) is 31.6 Å². The zero-order valence-corrected chi connectivity index (χ0v) is 16.9. The van der Waals surface area contributed by atoms with Gasteiger partial charge in [-0.1, -0.05) is 29.8 Å². The number of nitrogens with one attached hydrogen (secondary N) is 1. The number of carbonyl (C=O) groups excluding carboxylic acids is 1. The standard InChI is InChI=1S/C20H20ClN5O3/c1-12-22-16-8-9-25(10-14(16)19(27)23-12)11-15-17(20(28)29-2)24-26(18(15)21)13-6-4-3-5-7-13/h3-7H,8-11H2,1-2H3,(H,22,23,27). The molecule has 0 bridgehead atoms. The molecule has 0 saturated heterocycles. The van der Waals surface area contributed by atoms with Crippen LogP contribution in [0.3, 0.4) is 0 Å². The highest BCUT2D eigenvalue weighted by Gasteiger charge is 2.27. The van der Waals surface area contributed by atoms with Crippen molar-refractivity contribution in [1.29, 1.82) is 0 Å². The van der Waals surface area contributed by atoms with E-state index in [0.717, 1.165) is 11.4 Å². The third kappa shape index (κ3) is 3.68. The highest BCUT2D eigenvalue weighted by atomic mass is 35.5. The first-order chi connectivity index (χ1) is 14.0. The molecule has 0 saturated carbocycles. The highest BCUT2D eigenvalue weighted by molar-refractivity contribution is 6.31. The molecule has 4 rings (SSSR count). The Bertz CT molecular complexity index is 1120. The summed E-state index contributed by atoms with van der Waals surface area (Å²) in [6, 6.07) is 9.34. The molecule has 0 fully saturated rings. The van der Waals surface area contributed by atoms with Gasteiger partial charge >= 0.3 is 5.97 Å². The molecule has 2 aromatic heterocycles. The Morgan fingerprint density at radius 1 is 1.31 bits per heavy atom. The van der Waals surface area contributed by atoms with E-state index < -0.39 is 5.97 Å². The number of aryl methyl sites for hydroxylation is 1. The van der Waals surface area contributed by atoms with E-state index in [1.807, 2.05) is 30.3 Å². The van der Waals surface area contributed by atoms with Crippen LogP contribution in [0.1, 0.15) is 33.1 Å². The summed E-state index contributed by atoms with van der Waals surface area (Å²) in [7, 11) is 1.31. The van der Waals surface area contributed by atoms with Crippen LogP contribution in [0.5, 0.6) is 0 Å². The molecule has 150 valence electrons. The van der Waals surface area contributed by atoms with Gasteiger partial charge in [0.1, 0.15) is 11.0 Å². The van der Waals surface area contributed by atoms with Crippen LogP contribution in [-0.4, -0.2) is 44.3 Å². The number of para-hydroxylation sites is 1. The van der Waals surface area contributed by atoms with Crippen molar-refractivity contribution in [2.24, 2.45) is 0 Å². The number of nitrogens with zero attached hydrogens (tertiary/aromatic N) is 4. The van der Waals surface area contributed by atoms with Gasteiger partial charge in [-0.05, 0) is 19.1 Å². The lowest BCUT2D eigenvalue weighted by molar-refractivity contribution is 0.0591. The summed E-state index contributed by atoms with van der Waals surface area (Å²) in [5, 5.41) is 4.74. The molecule has 1 aliphatic rings. The lowest BCUT2D eigenvalue weighted by atomic mass is 10.1. The Hall–Kier alpha value is -2.97. The van der Waals surface area contributed by atoms with Crippen LogP contribution in [0.4, 0.5) is 0 Å². The zero-order valence-electron chi connectivity index (χ0n) is 16.1. The molecule has 3 heterocycles. The Kier molecular flexibility index (Phi) is 5.21. The summed E-state index contributed by atoms with van der Waals surface area (Å²) in [5.41, 5.74) is 2.82. The molecule has 1 N–H and O–H groups in total. The second-order valence-corrected chi connectivity index (χ2v) is 7.25. The number of carbonyl (C=O) groups is 1. The van der Waals surface area contributed by atoms with Gasteiger partial charge in [-0.2, -0.15) is 5.10 Å². The number of ether oxygens (including phenoxy) is 1. The Balaban J connectivity index is 1.69. The number of fused-ring (bicyclic) bond motifs is 1. The van der Waals surface area contributed by atoms with Crippen LogP contribution in [0.2, 0.25) is 5.15 Å². The van der Waals surface area contributed by atoms with Crippen LogP contribution in [0.25, 0.3) is 5.69 Å². The fraction of sp³-hybridized carbons (Fsp3) is 0.300. The number of benzene rings is 1. The molecular weight excluding hydrogens is 394 g/mol. The fourth-order valence-corrected chi connectivity index (χ4v) is 3.82. The molecule has 1 aliphatic heterocycles. The number of H-pyrrole nitrogens is 1. The van der Waals surface area contributed by atoms with Gasteiger partial charge < -0.3 is 9.72 Å². The average molecular weight is 414 g/mol. The van der Waals surface area contributed by atoms with Crippen LogP contribution in [0.15, 0.2) is 35.1 Å². The van der Waals surface area contributed by atoms with Gasteiger partial charge in [0.25, 0.3) is 5.56 Å². The minimum atomic E-state index is -0.552.